The van der Waals surface area contributed by atoms with Gasteiger partial charge in [-0.2, -0.15) is 0 Å². The Morgan fingerprint density at radius 2 is 2.57 bits per heavy atom. The second-order valence-corrected chi connectivity index (χ2v) is 4.11. The van der Waals surface area contributed by atoms with Crippen LogP contribution in [-0.2, 0) is 0 Å². The van der Waals surface area contributed by atoms with Gasteiger partial charge in [-0.3, -0.25) is 0 Å². The number of aromatic amines is 1. The van der Waals surface area contributed by atoms with E-state index in [0.29, 0.717) is 6.04 Å². The Labute approximate surface area is 84.9 Å². The fraction of sp³-hybridized carbons (Fsp3) is 0.250. The zero-order valence-corrected chi connectivity index (χ0v) is 8.16. The first-order valence-electron chi connectivity index (χ1n) is 4.35. The first-order chi connectivity index (χ1) is 6.93. The molecule has 1 atom stereocenters. The molecule has 5 nitrogen and oxygen atoms in total. The van der Waals surface area contributed by atoms with E-state index >= 15 is 0 Å². The molecule has 0 saturated carbocycles. The van der Waals surface area contributed by atoms with Gasteiger partial charge in [0.05, 0.1) is 6.04 Å². The summed E-state index contributed by atoms with van der Waals surface area (Å²) in [6.45, 7) is 0. The van der Waals surface area contributed by atoms with Gasteiger partial charge in [0.1, 0.15) is 6.33 Å². The van der Waals surface area contributed by atoms with E-state index in [1.165, 1.54) is 5.56 Å². The molecule has 2 aromatic rings. The average Bonchev–Trinajstić information content (AvgIpc) is 2.88. The van der Waals surface area contributed by atoms with Crippen molar-refractivity contribution >= 4 is 11.8 Å². The highest BCUT2D eigenvalue weighted by atomic mass is 32.2. The predicted octanol–water partition coefficient (Wildman–Crippen LogP) is 0.997. The fourth-order valence-electron chi connectivity index (χ4n) is 1.50. The molecule has 6 heteroatoms. The van der Waals surface area contributed by atoms with Gasteiger partial charge in [0, 0.05) is 18.1 Å². The number of thioether (sulfide) groups is 1. The number of fused-ring (bicyclic) bond motifs is 1. The normalized spacial score (nSPS) is 20.1. The summed E-state index contributed by atoms with van der Waals surface area (Å²) in [5, 5.41) is 8.75. The van der Waals surface area contributed by atoms with Gasteiger partial charge in [-0.15, -0.1) is 10.2 Å². The third-order valence-corrected chi connectivity index (χ3v) is 3.25. The molecule has 0 radical (unpaired) electrons. The van der Waals surface area contributed by atoms with Crippen molar-refractivity contribution in [2.45, 2.75) is 11.2 Å². The summed E-state index contributed by atoms with van der Waals surface area (Å²) in [7, 11) is 0. The number of nitrogens with one attached hydrogen (secondary N) is 2. The number of H-pyrrole nitrogens is 1. The number of rotatable bonds is 1. The first kappa shape index (κ1) is 7.93. The molecule has 0 amide bonds. The minimum Gasteiger partial charge on any atom is -0.367 e. The van der Waals surface area contributed by atoms with Gasteiger partial charge < -0.3 is 10.4 Å². The lowest BCUT2D eigenvalue weighted by Gasteiger charge is -2.23. The highest BCUT2D eigenvalue weighted by molar-refractivity contribution is 7.99. The molecule has 1 aliphatic heterocycles. The lowest BCUT2D eigenvalue weighted by molar-refractivity contribution is 0.659. The Hall–Kier alpha value is -1.43. The van der Waals surface area contributed by atoms with E-state index in [-0.39, 0.29) is 0 Å². The topological polar surface area (TPSA) is 58.5 Å². The summed E-state index contributed by atoms with van der Waals surface area (Å²) in [6.07, 6.45) is 5.64. The molecule has 1 unspecified atom stereocenters. The van der Waals surface area contributed by atoms with E-state index in [0.717, 1.165) is 10.9 Å². The Kier molecular flexibility index (Phi) is 1.73. The largest absolute Gasteiger partial charge is 0.367 e. The van der Waals surface area contributed by atoms with E-state index in [2.05, 4.69) is 26.7 Å². The lowest BCUT2D eigenvalue weighted by Crippen LogP contribution is -2.26. The van der Waals surface area contributed by atoms with Crippen LogP contribution in [0, 0.1) is 0 Å². The van der Waals surface area contributed by atoms with Crippen LogP contribution < -0.4 is 5.43 Å². The Bertz CT molecular complexity index is 421. The molecule has 0 aromatic carbocycles. The molecule has 3 heterocycles. The molecule has 0 bridgehead atoms. The van der Waals surface area contributed by atoms with Gasteiger partial charge in [-0.05, 0) is 11.6 Å². The molecule has 3 rings (SSSR count). The van der Waals surface area contributed by atoms with Gasteiger partial charge >= 0.3 is 0 Å². The maximum atomic E-state index is 3.98. The summed E-state index contributed by atoms with van der Waals surface area (Å²) in [5.74, 6) is 0.983. The van der Waals surface area contributed by atoms with E-state index in [4.69, 9.17) is 0 Å². The van der Waals surface area contributed by atoms with E-state index in [1.54, 1.807) is 18.1 Å². The highest BCUT2D eigenvalue weighted by Crippen LogP contribution is 2.28. The Morgan fingerprint density at radius 3 is 3.43 bits per heavy atom. The van der Waals surface area contributed by atoms with Crippen molar-refractivity contribution in [1.82, 2.24) is 19.9 Å². The zero-order chi connectivity index (χ0) is 9.38. The SMILES string of the molecule is c1cc(C2CSc3nncn3N2)c[nH]1. The average molecular weight is 207 g/mol. The van der Waals surface area contributed by atoms with Crippen LogP contribution >= 0.6 is 11.8 Å². The van der Waals surface area contributed by atoms with E-state index in [1.807, 2.05) is 17.1 Å². The fourth-order valence-corrected chi connectivity index (χ4v) is 2.43. The van der Waals surface area contributed by atoms with Gasteiger partial charge in [0.15, 0.2) is 0 Å². The Morgan fingerprint density at radius 1 is 1.57 bits per heavy atom. The highest BCUT2D eigenvalue weighted by Gasteiger charge is 2.20. The maximum Gasteiger partial charge on any atom is 0.209 e. The summed E-state index contributed by atoms with van der Waals surface area (Å²) in [5.41, 5.74) is 4.59. The summed E-state index contributed by atoms with van der Waals surface area (Å²) >= 11 is 1.71. The third kappa shape index (κ3) is 1.19. The lowest BCUT2D eigenvalue weighted by atomic mass is 10.2. The van der Waals surface area contributed by atoms with Crippen LogP contribution in [0.25, 0.3) is 0 Å². The second-order valence-electron chi connectivity index (χ2n) is 3.12. The monoisotopic (exact) mass is 207 g/mol. The van der Waals surface area contributed by atoms with Gasteiger partial charge in [-0.25, -0.2) is 4.68 Å². The summed E-state index contributed by atoms with van der Waals surface area (Å²) in [4.78, 5) is 3.06. The smallest absolute Gasteiger partial charge is 0.209 e. The Balaban J connectivity index is 1.88. The minimum atomic E-state index is 0.328. The molecule has 2 aromatic heterocycles. The molecule has 0 saturated heterocycles. The predicted molar refractivity (Wildman–Crippen MR) is 53.6 cm³/mol. The summed E-state index contributed by atoms with van der Waals surface area (Å²) < 4.78 is 1.87. The summed E-state index contributed by atoms with van der Waals surface area (Å²) in [6, 6.07) is 2.41. The van der Waals surface area contributed by atoms with Crippen LogP contribution in [0.3, 0.4) is 0 Å². The van der Waals surface area contributed by atoms with Gasteiger partial charge in [-0.1, -0.05) is 11.8 Å². The van der Waals surface area contributed by atoms with Crippen LogP contribution in [0.2, 0.25) is 0 Å². The van der Waals surface area contributed by atoms with Gasteiger partial charge in [0.25, 0.3) is 0 Å². The quantitative estimate of drug-likeness (QED) is 0.732. The van der Waals surface area contributed by atoms with Crippen molar-refractivity contribution in [1.29, 1.82) is 0 Å². The van der Waals surface area contributed by atoms with Crippen molar-refractivity contribution in [3.8, 4) is 0 Å². The molecule has 72 valence electrons. The van der Waals surface area contributed by atoms with Crippen molar-refractivity contribution in [2.24, 2.45) is 0 Å². The number of hydrogen-bond donors (Lipinski definition) is 2. The van der Waals surface area contributed by atoms with Crippen molar-refractivity contribution in [2.75, 3.05) is 11.2 Å². The van der Waals surface area contributed by atoms with Crippen LogP contribution in [0.1, 0.15) is 11.6 Å². The van der Waals surface area contributed by atoms with Crippen LogP contribution in [0.15, 0.2) is 29.9 Å². The first-order valence-corrected chi connectivity index (χ1v) is 5.34. The molecular weight excluding hydrogens is 198 g/mol. The number of aromatic nitrogens is 4. The maximum absolute atomic E-state index is 3.98. The molecular formula is C8H9N5S. The number of nitrogens with zero attached hydrogens (tertiary/aromatic N) is 3. The standard InChI is InChI=1S/C8H9N5S/c1-2-9-3-6(1)7-4-14-8-11-10-5-13(8)12-7/h1-3,5,7,9,12H,4H2. The van der Waals surface area contributed by atoms with Crippen molar-refractivity contribution < 1.29 is 0 Å². The van der Waals surface area contributed by atoms with Crippen LogP contribution in [0.4, 0.5) is 0 Å². The van der Waals surface area contributed by atoms with Crippen LogP contribution in [-0.4, -0.2) is 25.6 Å². The van der Waals surface area contributed by atoms with E-state index < -0.39 is 0 Å². The minimum absolute atomic E-state index is 0.328. The molecule has 0 aliphatic carbocycles. The van der Waals surface area contributed by atoms with Crippen molar-refractivity contribution in [3.05, 3.63) is 30.4 Å². The second kappa shape index (κ2) is 3.06. The number of hydrogen-bond acceptors (Lipinski definition) is 4. The third-order valence-electron chi connectivity index (χ3n) is 2.21. The van der Waals surface area contributed by atoms with E-state index in [9.17, 15) is 0 Å². The van der Waals surface area contributed by atoms with Crippen LogP contribution in [0.5, 0.6) is 0 Å². The molecule has 1 aliphatic rings. The molecule has 0 spiro atoms. The molecule has 2 N–H and O–H groups in total. The zero-order valence-electron chi connectivity index (χ0n) is 7.34. The van der Waals surface area contributed by atoms with Gasteiger partial charge in [0.2, 0.25) is 5.16 Å². The molecule has 0 fully saturated rings. The van der Waals surface area contributed by atoms with Crippen molar-refractivity contribution in [3.63, 3.8) is 0 Å². The molecule has 14 heavy (non-hydrogen) atoms.